The maximum Gasteiger partial charge on any atom is 0.337 e. The Kier molecular flexibility index (Phi) is 3.54. The van der Waals surface area contributed by atoms with Gasteiger partial charge in [-0.2, -0.15) is 4.31 Å². The molecule has 2 atom stereocenters. The monoisotopic (exact) mass is 345 g/mol. The number of methoxy groups -OCH3 is 1. The molecule has 0 aromatic heterocycles. The van der Waals surface area contributed by atoms with Crippen LogP contribution in [0.4, 0.5) is 0 Å². The number of hydrogen-bond acceptors (Lipinski definition) is 6. The van der Waals surface area contributed by atoms with Crippen LogP contribution in [0.5, 0.6) is 0 Å². The van der Waals surface area contributed by atoms with E-state index in [1.807, 2.05) is 0 Å². The predicted octanol–water partition coefficient (Wildman–Crippen LogP) is 0.0332. The number of carbonyl (C=O) groups excluding carboxylic acids is 1. The molecule has 0 saturated carbocycles. The van der Waals surface area contributed by atoms with Crippen molar-refractivity contribution in [2.45, 2.75) is 22.6 Å². The average Bonchev–Trinajstić information content (AvgIpc) is 3.02. The molecule has 2 aliphatic heterocycles. The van der Waals surface area contributed by atoms with Crippen LogP contribution in [-0.4, -0.2) is 57.8 Å². The number of hydrogen-bond donors (Lipinski definition) is 0. The molecule has 1 aromatic rings. The second-order valence-corrected chi connectivity index (χ2v) is 9.65. The number of sulfone groups is 1. The van der Waals surface area contributed by atoms with Gasteiger partial charge in [-0.1, -0.05) is 0 Å². The number of ether oxygens (including phenoxy) is 1. The molecule has 3 rings (SSSR count). The van der Waals surface area contributed by atoms with Gasteiger partial charge in [-0.3, -0.25) is 0 Å². The third-order valence-corrected chi connectivity index (χ3v) is 8.28. The Labute approximate surface area is 128 Å². The van der Waals surface area contributed by atoms with Crippen LogP contribution in [0.15, 0.2) is 29.2 Å². The van der Waals surface area contributed by atoms with Gasteiger partial charge in [-0.05, 0) is 30.7 Å². The first-order valence-electron chi connectivity index (χ1n) is 6.67. The lowest BCUT2D eigenvalue weighted by Crippen LogP contribution is -2.43. The van der Waals surface area contributed by atoms with Crippen LogP contribution >= 0.6 is 0 Å². The summed E-state index contributed by atoms with van der Waals surface area (Å²) in [5.74, 6) is -0.660. The van der Waals surface area contributed by atoms with Crippen LogP contribution in [0.3, 0.4) is 0 Å². The molecule has 0 aliphatic carbocycles. The Morgan fingerprint density at radius 2 is 1.91 bits per heavy atom. The minimum atomic E-state index is -3.75. The van der Waals surface area contributed by atoms with Crippen LogP contribution in [0.2, 0.25) is 0 Å². The molecule has 0 radical (unpaired) electrons. The summed E-state index contributed by atoms with van der Waals surface area (Å²) in [6.45, 7) is 0.00802. The fourth-order valence-electron chi connectivity index (χ4n) is 2.97. The summed E-state index contributed by atoms with van der Waals surface area (Å²) < 4.78 is 54.4. The number of fused-ring (bicyclic) bond motifs is 2. The summed E-state index contributed by atoms with van der Waals surface area (Å²) in [7, 11) is -5.66. The zero-order valence-electron chi connectivity index (χ0n) is 11.8. The predicted molar refractivity (Wildman–Crippen MR) is 77.7 cm³/mol. The van der Waals surface area contributed by atoms with Gasteiger partial charge in [0.25, 0.3) is 0 Å². The quantitative estimate of drug-likeness (QED) is 0.717. The molecular weight excluding hydrogens is 330 g/mol. The van der Waals surface area contributed by atoms with Gasteiger partial charge in [-0.25, -0.2) is 21.6 Å². The van der Waals surface area contributed by atoms with Crippen molar-refractivity contribution >= 4 is 25.8 Å². The van der Waals surface area contributed by atoms with Crippen molar-refractivity contribution in [3.8, 4) is 0 Å². The molecule has 7 nitrogen and oxygen atoms in total. The summed E-state index contributed by atoms with van der Waals surface area (Å²) in [5, 5.41) is -0.596. The topological polar surface area (TPSA) is 97.8 Å². The van der Waals surface area contributed by atoms with Gasteiger partial charge in [0, 0.05) is 12.6 Å². The Hall–Kier alpha value is -1.45. The van der Waals surface area contributed by atoms with Crippen LogP contribution in [0.25, 0.3) is 0 Å². The summed E-state index contributed by atoms with van der Waals surface area (Å²) in [5.41, 5.74) is 0.256. The van der Waals surface area contributed by atoms with Crippen LogP contribution < -0.4 is 0 Å². The van der Waals surface area contributed by atoms with Crippen molar-refractivity contribution in [3.05, 3.63) is 29.8 Å². The Balaban J connectivity index is 1.87. The summed E-state index contributed by atoms with van der Waals surface area (Å²) in [4.78, 5) is 11.4. The fraction of sp³-hybridized carbons (Fsp3) is 0.462. The third kappa shape index (κ3) is 2.33. The van der Waals surface area contributed by atoms with Gasteiger partial charge in [0.15, 0.2) is 9.84 Å². The SMILES string of the molecule is COC(=O)c1ccc(S(=O)(=O)N2CC3CC2CS3(=O)=O)cc1. The fourth-order valence-corrected chi connectivity index (χ4v) is 6.87. The molecule has 0 N–H and O–H groups in total. The van der Waals surface area contributed by atoms with Crippen molar-refractivity contribution in [1.82, 2.24) is 4.31 Å². The van der Waals surface area contributed by atoms with E-state index in [1.54, 1.807) is 0 Å². The first-order chi connectivity index (χ1) is 10.3. The van der Waals surface area contributed by atoms with Crippen molar-refractivity contribution in [2.75, 3.05) is 19.4 Å². The molecule has 120 valence electrons. The summed E-state index contributed by atoms with van der Waals surface area (Å²) in [6.07, 6.45) is 0.363. The Morgan fingerprint density at radius 1 is 1.27 bits per heavy atom. The van der Waals surface area contributed by atoms with Crippen molar-refractivity contribution in [3.63, 3.8) is 0 Å². The highest BCUT2D eigenvalue weighted by Crippen LogP contribution is 2.36. The molecule has 2 bridgehead atoms. The van der Waals surface area contributed by atoms with E-state index in [-0.39, 0.29) is 22.8 Å². The van der Waals surface area contributed by atoms with Crippen molar-refractivity contribution in [2.24, 2.45) is 0 Å². The molecule has 1 aromatic carbocycles. The van der Waals surface area contributed by atoms with E-state index >= 15 is 0 Å². The van der Waals surface area contributed by atoms with E-state index in [4.69, 9.17) is 0 Å². The number of nitrogens with zero attached hydrogens (tertiary/aromatic N) is 1. The zero-order chi connectivity index (χ0) is 16.1. The van der Waals surface area contributed by atoms with Gasteiger partial charge in [-0.15, -0.1) is 0 Å². The van der Waals surface area contributed by atoms with E-state index in [0.717, 1.165) is 0 Å². The molecule has 2 fully saturated rings. The number of rotatable bonds is 3. The second-order valence-electron chi connectivity index (χ2n) is 5.43. The van der Waals surface area contributed by atoms with E-state index in [2.05, 4.69) is 4.74 Å². The first-order valence-corrected chi connectivity index (χ1v) is 9.83. The van der Waals surface area contributed by atoms with Gasteiger partial charge in [0.1, 0.15) is 0 Å². The molecule has 9 heteroatoms. The summed E-state index contributed by atoms with van der Waals surface area (Å²) >= 11 is 0. The average molecular weight is 345 g/mol. The number of sulfonamides is 1. The smallest absolute Gasteiger partial charge is 0.337 e. The van der Waals surface area contributed by atoms with Crippen LogP contribution in [-0.2, 0) is 24.6 Å². The van der Waals surface area contributed by atoms with Crippen molar-refractivity contribution in [1.29, 1.82) is 0 Å². The minimum Gasteiger partial charge on any atom is -0.465 e. The van der Waals surface area contributed by atoms with E-state index in [9.17, 15) is 21.6 Å². The molecule has 2 heterocycles. The number of carbonyl (C=O) groups is 1. The maximum absolute atomic E-state index is 12.6. The second kappa shape index (κ2) is 5.04. The third-order valence-electron chi connectivity index (χ3n) is 4.14. The molecular formula is C13H15NO6S2. The van der Waals surface area contributed by atoms with Gasteiger partial charge in [0.05, 0.1) is 28.6 Å². The normalized spacial score (nSPS) is 27.0. The van der Waals surface area contributed by atoms with Crippen molar-refractivity contribution < 1.29 is 26.4 Å². The molecule has 2 aliphatic rings. The Bertz CT molecular complexity index is 813. The summed E-state index contributed by atoms with van der Waals surface area (Å²) in [6, 6.07) is 4.94. The lowest BCUT2D eigenvalue weighted by atomic mass is 10.2. The standard InChI is InChI=1S/C13H15NO6S2/c1-20-13(15)9-2-4-11(5-3-9)22(18,19)14-7-12-6-10(14)8-21(12,16)17/h2-5,10,12H,6-8H2,1H3. The highest BCUT2D eigenvalue weighted by molar-refractivity contribution is 7.93. The van der Waals surface area contributed by atoms with E-state index < -0.39 is 37.1 Å². The highest BCUT2D eigenvalue weighted by Gasteiger charge is 2.52. The first kappa shape index (κ1) is 15.4. The molecule has 22 heavy (non-hydrogen) atoms. The van der Waals surface area contributed by atoms with E-state index in [0.29, 0.717) is 6.42 Å². The number of esters is 1. The Morgan fingerprint density at radius 3 is 2.36 bits per heavy atom. The molecule has 0 spiro atoms. The largest absolute Gasteiger partial charge is 0.465 e. The van der Waals surface area contributed by atoms with E-state index in [1.165, 1.54) is 35.7 Å². The lowest BCUT2D eigenvalue weighted by Gasteiger charge is -2.26. The number of benzene rings is 1. The molecule has 2 saturated heterocycles. The molecule has 2 unspecified atom stereocenters. The maximum atomic E-state index is 12.6. The zero-order valence-corrected chi connectivity index (χ0v) is 13.4. The van der Waals surface area contributed by atoms with Crippen LogP contribution in [0.1, 0.15) is 16.8 Å². The van der Waals surface area contributed by atoms with Gasteiger partial charge >= 0.3 is 5.97 Å². The highest BCUT2D eigenvalue weighted by atomic mass is 32.2. The van der Waals surface area contributed by atoms with Gasteiger partial charge < -0.3 is 4.74 Å². The van der Waals surface area contributed by atoms with Crippen LogP contribution in [0, 0.1) is 0 Å². The molecule has 0 amide bonds. The van der Waals surface area contributed by atoms with Gasteiger partial charge in [0.2, 0.25) is 10.0 Å². The lowest BCUT2D eigenvalue weighted by molar-refractivity contribution is 0.0600. The minimum absolute atomic E-state index is 0.00802.